The first-order valence-electron chi connectivity index (χ1n) is 9.61. The van der Waals surface area contributed by atoms with Crippen LogP contribution < -0.4 is 5.43 Å². The van der Waals surface area contributed by atoms with Crippen LogP contribution in [0.25, 0.3) is 10.9 Å². The summed E-state index contributed by atoms with van der Waals surface area (Å²) >= 11 is 0. The van der Waals surface area contributed by atoms with Crippen LogP contribution in [0.3, 0.4) is 0 Å². The first kappa shape index (κ1) is 19.8. The van der Waals surface area contributed by atoms with Crippen molar-refractivity contribution >= 4 is 20.9 Å². The monoisotopic (exact) mass is 412 g/mol. The van der Waals surface area contributed by atoms with Gasteiger partial charge in [-0.2, -0.15) is 9.40 Å². The lowest BCUT2D eigenvalue weighted by Gasteiger charge is -2.34. The van der Waals surface area contributed by atoms with Crippen molar-refractivity contribution in [1.29, 1.82) is 0 Å². The number of aryl methyl sites for hydroxylation is 2. The number of hydrogen-bond acceptors (Lipinski definition) is 5. The minimum Gasteiger partial charge on any atom is -0.287 e. The Hall–Kier alpha value is -2.55. The van der Waals surface area contributed by atoms with Gasteiger partial charge < -0.3 is 0 Å². The van der Waals surface area contributed by atoms with E-state index in [0.717, 1.165) is 16.6 Å². The fraction of sp³-hybridized carbons (Fsp3) is 0.333. The maximum absolute atomic E-state index is 13.1. The molecule has 0 radical (unpaired) electrons. The van der Waals surface area contributed by atoms with E-state index in [1.54, 1.807) is 21.1 Å². The van der Waals surface area contributed by atoms with Crippen LogP contribution in [0, 0.1) is 13.8 Å². The zero-order chi connectivity index (χ0) is 20.6. The van der Waals surface area contributed by atoms with E-state index in [4.69, 9.17) is 0 Å². The number of benzene rings is 2. The summed E-state index contributed by atoms with van der Waals surface area (Å²) in [6.45, 7) is 6.36. The van der Waals surface area contributed by atoms with Crippen molar-refractivity contribution in [2.75, 3.05) is 26.2 Å². The fourth-order valence-corrected chi connectivity index (χ4v) is 5.43. The summed E-state index contributed by atoms with van der Waals surface area (Å²) < 4.78 is 29.5. The van der Waals surface area contributed by atoms with Gasteiger partial charge >= 0.3 is 0 Å². The van der Waals surface area contributed by atoms with E-state index in [0.29, 0.717) is 43.1 Å². The molecule has 0 atom stereocenters. The molecule has 0 N–H and O–H groups in total. The van der Waals surface area contributed by atoms with Gasteiger partial charge in [0.1, 0.15) is 0 Å². The number of fused-ring (bicyclic) bond motifs is 1. The Morgan fingerprint density at radius 1 is 1.00 bits per heavy atom. The van der Waals surface area contributed by atoms with Crippen molar-refractivity contribution in [2.45, 2.75) is 25.4 Å². The number of para-hydroxylation sites is 1. The van der Waals surface area contributed by atoms with Crippen LogP contribution in [-0.2, 0) is 16.7 Å². The maximum Gasteiger partial charge on any atom is 0.243 e. The van der Waals surface area contributed by atoms with E-state index in [1.165, 1.54) is 6.20 Å². The summed E-state index contributed by atoms with van der Waals surface area (Å²) in [6, 6.07) is 12.8. The van der Waals surface area contributed by atoms with Crippen LogP contribution in [0.1, 0.15) is 11.1 Å². The molecule has 4 rings (SSSR count). The van der Waals surface area contributed by atoms with Gasteiger partial charge in [0.05, 0.1) is 23.3 Å². The summed E-state index contributed by atoms with van der Waals surface area (Å²) in [6.07, 6.45) is 1.34. The molecule has 0 amide bonds. The van der Waals surface area contributed by atoms with Gasteiger partial charge in [-0.1, -0.05) is 29.8 Å². The maximum atomic E-state index is 13.1. The molecular formula is C21H24N4O3S. The highest BCUT2D eigenvalue weighted by molar-refractivity contribution is 7.89. The zero-order valence-electron chi connectivity index (χ0n) is 16.6. The third-order valence-corrected chi connectivity index (χ3v) is 7.43. The summed E-state index contributed by atoms with van der Waals surface area (Å²) in [5.41, 5.74) is 2.51. The Bertz CT molecular complexity index is 1210. The molecule has 8 heteroatoms. The molecule has 0 aliphatic carbocycles. The lowest BCUT2D eigenvalue weighted by atomic mass is 10.2. The smallest absolute Gasteiger partial charge is 0.243 e. The van der Waals surface area contributed by atoms with Crippen molar-refractivity contribution in [2.24, 2.45) is 0 Å². The van der Waals surface area contributed by atoms with Crippen LogP contribution in [0.5, 0.6) is 0 Å². The normalized spacial score (nSPS) is 16.3. The molecule has 1 aromatic heterocycles. The van der Waals surface area contributed by atoms with Gasteiger partial charge in [-0.25, -0.2) is 8.42 Å². The number of piperazine rings is 1. The van der Waals surface area contributed by atoms with Gasteiger partial charge in [0.25, 0.3) is 0 Å². The van der Waals surface area contributed by atoms with Crippen molar-refractivity contribution in [3.63, 3.8) is 0 Å². The number of nitrogens with zero attached hydrogens (tertiary/aromatic N) is 4. The molecule has 0 spiro atoms. The van der Waals surface area contributed by atoms with Gasteiger partial charge in [0, 0.05) is 31.6 Å². The standard InChI is InChI=1S/C21H24N4O3S/c1-16-7-8-21(17(2)13-16)29(27,28)24-11-9-23(10-12-24)15-25-19-6-4-3-5-18(19)20(26)14-22-25/h3-8,13-14H,9-12,15H2,1-2H3. The molecule has 3 aromatic rings. The lowest BCUT2D eigenvalue weighted by Crippen LogP contribution is -2.49. The summed E-state index contributed by atoms with van der Waals surface area (Å²) in [4.78, 5) is 14.5. The number of sulfonamides is 1. The number of hydrogen-bond donors (Lipinski definition) is 0. The van der Waals surface area contributed by atoms with E-state index in [9.17, 15) is 13.2 Å². The molecule has 1 saturated heterocycles. The molecule has 29 heavy (non-hydrogen) atoms. The Labute approximate surface area is 170 Å². The van der Waals surface area contributed by atoms with E-state index in [-0.39, 0.29) is 5.43 Å². The summed E-state index contributed by atoms with van der Waals surface area (Å²) in [5, 5.41) is 4.90. The van der Waals surface area contributed by atoms with Gasteiger partial charge in [0.2, 0.25) is 15.5 Å². The molecule has 7 nitrogen and oxygen atoms in total. The lowest BCUT2D eigenvalue weighted by molar-refractivity contribution is 0.147. The van der Waals surface area contributed by atoms with Gasteiger partial charge in [-0.05, 0) is 37.6 Å². The third-order valence-electron chi connectivity index (χ3n) is 5.38. The van der Waals surface area contributed by atoms with E-state index in [1.807, 2.05) is 44.2 Å². The topological polar surface area (TPSA) is 75.5 Å². The Morgan fingerprint density at radius 2 is 1.72 bits per heavy atom. The molecular weight excluding hydrogens is 388 g/mol. The average Bonchev–Trinajstić information content (AvgIpc) is 2.70. The van der Waals surface area contributed by atoms with Gasteiger partial charge in [0.15, 0.2) is 0 Å². The van der Waals surface area contributed by atoms with Crippen molar-refractivity contribution in [3.8, 4) is 0 Å². The zero-order valence-corrected chi connectivity index (χ0v) is 17.4. The van der Waals surface area contributed by atoms with Crippen LogP contribution in [0.4, 0.5) is 0 Å². The second-order valence-electron chi connectivity index (χ2n) is 7.46. The van der Waals surface area contributed by atoms with E-state index < -0.39 is 10.0 Å². The highest BCUT2D eigenvalue weighted by Crippen LogP contribution is 2.22. The minimum absolute atomic E-state index is 0.0961. The quantitative estimate of drug-likeness (QED) is 0.655. The van der Waals surface area contributed by atoms with Gasteiger partial charge in [-0.15, -0.1) is 0 Å². The average molecular weight is 413 g/mol. The fourth-order valence-electron chi connectivity index (χ4n) is 3.80. The largest absolute Gasteiger partial charge is 0.287 e. The summed E-state index contributed by atoms with van der Waals surface area (Å²) in [5.74, 6) is 0. The first-order valence-corrected chi connectivity index (χ1v) is 11.0. The molecule has 2 heterocycles. The van der Waals surface area contributed by atoms with Crippen molar-refractivity contribution in [3.05, 3.63) is 70.0 Å². The molecule has 1 fully saturated rings. The van der Waals surface area contributed by atoms with Crippen LogP contribution in [-0.4, -0.2) is 53.6 Å². The molecule has 1 aliphatic heterocycles. The van der Waals surface area contributed by atoms with Crippen LogP contribution >= 0.6 is 0 Å². The SMILES string of the molecule is Cc1ccc(S(=O)(=O)N2CCN(Cn3ncc(=O)c4ccccc43)CC2)c(C)c1. The predicted molar refractivity (Wildman–Crippen MR) is 112 cm³/mol. The molecule has 1 aliphatic rings. The molecule has 0 saturated carbocycles. The van der Waals surface area contributed by atoms with E-state index >= 15 is 0 Å². The molecule has 152 valence electrons. The minimum atomic E-state index is -3.50. The predicted octanol–water partition coefficient (Wildman–Crippen LogP) is 1.98. The Balaban J connectivity index is 1.49. The third kappa shape index (κ3) is 3.83. The Kier molecular flexibility index (Phi) is 5.24. The second-order valence-corrected chi connectivity index (χ2v) is 9.36. The molecule has 0 unspecified atom stereocenters. The van der Waals surface area contributed by atoms with Crippen molar-refractivity contribution < 1.29 is 8.42 Å². The molecule has 2 aromatic carbocycles. The van der Waals surface area contributed by atoms with Crippen LogP contribution in [0.15, 0.2) is 58.4 Å². The first-order chi connectivity index (χ1) is 13.9. The molecule has 0 bridgehead atoms. The Morgan fingerprint density at radius 3 is 2.45 bits per heavy atom. The highest BCUT2D eigenvalue weighted by Gasteiger charge is 2.29. The number of aromatic nitrogens is 2. The second kappa shape index (κ2) is 7.70. The van der Waals surface area contributed by atoms with Crippen molar-refractivity contribution in [1.82, 2.24) is 19.0 Å². The number of rotatable bonds is 4. The van der Waals surface area contributed by atoms with Crippen LogP contribution in [0.2, 0.25) is 0 Å². The highest BCUT2D eigenvalue weighted by atomic mass is 32.2. The van der Waals surface area contributed by atoms with E-state index in [2.05, 4.69) is 10.00 Å². The van der Waals surface area contributed by atoms with Gasteiger partial charge in [-0.3, -0.25) is 14.4 Å². The summed E-state index contributed by atoms with van der Waals surface area (Å²) in [7, 11) is -3.50.